The number of hydrogen-bond acceptors (Lipinski definition) is 3. The summed E-state index contributed by atoms with van der Waals surface area (Å²) >= 11 is 0. The Morgan fingerprint density at radius 2 is 1.88 bits per heavy atom. The van der Waals surface area contributed by atoms with Crippen LogP contribution in [-0.2, 0) is 4.74 Å². The number of hydrogen-bond donors (Lipinski definition) is 2. The van der Waals surface area contributed by atoms with Crippen molar-refractivity contribution in [3.8, 4) is 0 Å². The third kappa shape index (κ3) is 4.81. The molecule has 3 atom stereocenters. The largest absolute Gasteiger partial charge is 0.396 e. The number of ether oxygens (including phenoxy) is 1. The van der Waals surface area contributed by atoms with Gasteiger partial charge >= 0.3 is 0 Å². The number of rotatable bonds is 6. The maximum Gasteiger partial charge on any atom is 0.0616 e. The summed E-state index contributed by atoms with van der Waals surface area (Å²) < 4.78 is 5.18. The van der Waals surface area contributed by atoms with Gasteiger partial charge in [-0.1, -0.05) is 13.8 Å². The summed E-state index contributed by atoms with van der Waals surface area (Å²) in [5.74, 6) is 1.64. The monoisotopic (exact) mass is 229 g/mol. The minimum atomic E-state index is 0.235. The highest BCUT2D eigenvalue weighted by molar-refractivity contribution is 4.82. The van der Waals surface area contributed by atoms with Crippen LogP contribution in [0.1, 0.15) is 39.5 Å². The maximum absolute atomic E-state index is 9.00. The molecule has 3 heteroatoms. The van der Waals surface area contributed by atoms with Crippen molar-refractivity contribution in [3.05, 3.63) is 0 Å². The van der Waals surface area contributed by atoms with E-state index in [4.69, 9.17) is 9.84 Å². The summed E-state index contributed by atoms with van der Waals surface area (Å²) in [4.78, 5) is 0. The Kier molecular flexibility index (Phi) is 6.32. The van der Waals surface area contributed by atoms with Gasteiger partial charge in [0.2, 0.25) is 0 Å². The smallest absolute Gasteiger partial charge is 0.0616 e. The lowest BCUT2D eigenvalue weighted by Crippen LogP contribution is -2.44. The van der Waals surface area contributed by atoms with Gasteiger partial charge in [0.1, 0.15) is 0 Å². The fourth-order valence-electron chi connectivity index (χ4n) is 2.99. The first kappa shape index (κ1) is 13.9. The van der Waals surface area contributed by atoms with Gasteiger partial charge in [-0.2, -0.15) is 0 Å². The zero-order valence-corrected chi connectivity index (χ0v) is 10.9. The summed E-state index contributed by atoms with van der Waals surface area (Å²) in [6.07, 6.45) is 4.66. The van der Waals surface area contributed by atoms with Crippen molar-refractivity contribution in [1.82, 2.24) is 5.32 Å². The molecule has 0 radical (unpaired) electrons. The number of nitrogens with one attached hydrogen (secondary N) is 1. The fraction of sp³-hybridized carbons (Fsp3) is 1.00. The van der Waals surface area contributed by atoms with Crippen molar-refractivity contribution in [2.45, 2.75) is 51.6 Å². The molecule has 16 heavy (non-hydrogen) atoms. The Morgan fingerprint density at radius 3 is 2.38 bits per heavy atom. The van der Waals surface area contributed by atoms with Gasteiger partial charge in [0, 0.05) is 25.8 Å². The van der Waals surface area contributed by atoms with Gasteiger partial charge < -0.3 is 15.2 Å². The molecule has 1 aliphatic rings. The second-order valence-corrected chi connectivity index (χ2v) is 5.45. The highest BCUT2D eigenvalue weighted by Crippen LogP contribution is 2.28. The first-order valence-electron chi connectivity index (χ1n) is 6.51. The Morgan fingerprint density at radius 1 is 1.25 bits per heavy atom. The summed E-state index contributed by atoms with van der Waals surface area (Å²) in [6.45, 7) is 5.60. The summed E-state index contributed by atoms with van der Waals surface area (Å²) in [6, 6.07) is 0.906. The molecule has 0 aromatic rings. The molecular weight excluding hydrogens is 202 g/mol. The number of aliphatic hydroxyl groups excluding tert-OH is 1. The van der Waals surface area contributed by atoms with Gasteiger partial charge in [-0.05, 0) is 37.5 Å². The third-order valence-electron chi connectivity index (χ3n) is 3.50. The number of methoxy groups -OCH3 is 1. The molecule has 2 N–H and O–H groups in total. The Bertz CT molecular complexity index is 171. The fourth-order valence-corrected chi connectivity index (χ4v) is 2.99. The van der Waals surface area contributed by atoms with E-state index < -0.39 is 0 Å². The first-order chi connectivity index (χ1) is 7.65. The molecule has 0 bridgehead atoms. The lowest BCUT2D eigenvalue weighted by molar-refractivity contribution is 0.128. The molecule has 1 aliphatic carbocycles. The van der Waals surface area contributed by atoms with Crippen LogP contribution >= 0.6 is 0 Å². The topological polar surface area (TPSA) is 41.5 Å². The van der Waals surface area contributed by atoms with Crippen LogP contribution < -0.4 is 5.32 Å². The molecule has 1 saturated carbocycles. The minimum absolute atomic E-state index is 0.235. The van der Waals surface area contributed by atoms with Gasteiger partial charge in [0.25, 0.3) is 0 Å². The summed E-state index contributed by atoms with van der Waals surface area (Å²) in [7, 11) is 1.72. The van der Waals surface area contributed by atoms with Gasteiger partial charge in [-0.15, -0.1) is 0 Å². The second kappa shape index (κ2) is 7.25. The van der Waals surface area contributed by atoms with Crippen molar-refractivity contribution >= 4 is 0 Å². The lowest BCUT2D eigenvalue weighted by atomic mass is 9.80. The highest BCUT2D eigenvalue weighted by atomic mass is 16.5. The van der Waals surface area contributed by atoms with E-state index in [9.17, 15) is 0 Å². The Balaban J connectivity index is 2.37. The van der Waals surface area contributed by atoms with Crippen LogP contribution in [-0.4, -0.2) is 37.5 Å². The van der Waals surface area contributed by atoms with Crippen LogP contribution in [0, 0.1) is 11.8 Å². The first-order valence-corrected chi connectivity index (χ1v) is 6.51. The molecule has 0 heterocycles. The van der Waals surface area contributed by atoms with Crippen LogP contribution in [0.25, 0.3) is 0 Å². The van der Waals surface area contributed by atoms with Gasteiger partial charge in [0.05, 0.1) is 6.61 Å². The van der Waals surface area contributed by atoms with Crippen molar-refractivity contribution in [3.63, 3.8) is 0 Å². The van der Waals surface area contributed by atoms with Crippen molar-refractivity contribution in [2.24, 2.45) is 11.8 Å². The molecule has 0 spiro atoms. The average Bonchev–Trinajstić information content (AvgIpc) is 2.16. The molecule has 1 fully saturated rings. The third-order valence-corrected chi connectivity index (χ3v) is 3.50. The zero-order chi connectivity index (χ0) is 12.0. The SMILES string of the molecule is COCC(CCO)NC1CC(C)CC(C)C1. The second-order valence-electron chi connectivity index (χ2n) is 5.45. The molecule has 1 rings (SSSR count). The highest BCUT2D eigenvalue weighted by Gasteiger charge is 2.25. The standard InChI is InChI=1S/C13H27NO2/c1-10-6-11(2)8-13(7-10)14-12(4-5-15)9-16-3/h10-15H,4-9H2,1-3H3. The zero-order valence-electron chi connectivity index (χ0n) is 10.9. The Labute approximate surface area is 99.6 Å². The molecular formula is C13H27NO2. The van der Waals surface area contributed by atoms with Crippen LogP contribution in [0.5, 0.6) is 0 Å². The van der Waals surface area contributed by atoms with Gasteiger partial charge in [-0.3, -0.25) is 0 Å². The molecule has 0 amide bonds. The van der Waals surface area contributed by atoms with E-state index in [1.54, 1.807) is 7.11 Å². The minimum Gasteiger partial charge on any atom is -0.396 e. The summed E-state index contributed by atoms with van der Waals surface area (Å²) in [5, 5.41) is 12.6. The van der Waals surface area contributed by atoms with E-state index >= 15 is 0 Å². The van der Waals surface area contributed by atoms with Gasteiger partial charge in [-0.25, -0.2) is 0 Å². The van der Waals surface area contributed by atoms with Crippen molar-refractivity contribution < 1.29 is 9.84 Å². The molecule has 0 aromatic carbocycles. The van der Waals surface area contributed by atoms with E-state index in [0.717, 1.165) is 18.3 Å². The van der Waals surface area contributed by atoms with Gasteiger partial charge in [0.15, 0.2) is 0 Å². The quantitative estimate of drug-likeness (QED) is 0.730. The molecule has 0 aliphatic heterocycles. The molecule has 0 saturated heterocycles. The molecule has 96 valence electrons. The van der Waals surface area contributed by atoms with Crippen LogP contribution in [0.2, 0.25) is 0 Å². The molecule has 3 nitrogen and oxygen atoms in total. The van der Waals surface area contributed by atoms with E-state index in [2.05, 4.69) is 19.2 Å². The van der Waals surface area contributed by atoms with E-state index in [0.29, 0.717) is 18.7 Å². The Hall–Kier alpha value is -0.120. The lowest BCUT2D eigenvalue weighted by Gasteiger charge is -2.34. The van der Waals surface area contributed by atoms with E-state index in [1.165, 1.54) is 19.3 Å². The van der Waals surface area contributed by atoms with Crippen molar-refractivity contribution in [1.29, 1.82) is 0 Å². The van der Waals surface area contributed by atoms with Crippen LogP contribution in [0.15, 0.2) is 0 Å². The van der Waals surface area contributed by atoms with E-state index in [-0.39, 0.29) is 6.61 Å². The summed E-state index contributed by atoms with van der Waals surface area (Å²) in [5.41, 5.74) is 0. The average molecular weight is 229 g/mol. The predicted molar refractivity (Wildman–Crippen MR) is 66.5 cm³/mol. The molecule has 0 aromatic heterocycles. The predicted octanol–water partition coefficient (Wildman–Crippen LogP) is 1.80. The number of aliphatic hydroxyl groups is 1. The maximum atomic E-state index is 9.00. The molecule has 3 unspecified atom stereocenters. The van der Waals surface area contributed by atoms with Crippen LogP contribution in [0.4, 0.5) is 0 Å². The van der Waals surface area contributed by atoms with E-state index in [1.807, 2.05) is 0 Å². The van der Waals surface area contributed by atoms with Crippen molar-refractivity contribution in [2.75, 3.05) is 20.3 Å². The van der Waals surface area contributed by atoms with Crippen LogP contribution in [0.3, 0.4) is 0 Å². The normalized spacial score (nSPS) is 32.6.